The molecule has 2 aromatic rings. The standard InChI is InChI=1S/C28H43N5O4Si/c1-9-13-23(32-27(35)37-28(3,4)5)25-30-24(19-33(25)20-36-17-18-38(6,7)8)21-14-11-12-15-22(21)31-26(34)29-16-10-2/h9-12,14-15,19,23H,1-2,13,16-18,20H2,3-8H3,(H,32,35)(H2,29,31,34)/t23-/m0/s1. The molecule has 0 aliphatic rings. The lowest BCUT2D eigenvalue weighted by Gasteiger charge is -2.23. The molecule has 0 fully saturated rings. The third-order valence-electron chi connectivity index (χ3n) is 5.30. The minimum atomic E-state index is -1.26. The maximum Gasteiger partial charge on any atom is 0.408 e. The van der Waals surface area contributed by atoms with E-state index in [0.717, 1.165) is 11.6 Å². The Labute approximate surface area is 227 Å². The number of amides is 3. The Morgan fingerprint density at radius 1 is 1.16 bits per heavy atom. The van der Waals surface area contributed by atoms with E-state index in [1.54, 1.807) is 12.2 Å². The van der Waals surface area contributed by atoms with Gasteiger partial charge in [0.2, 0.25) is 0 Å². The van der Waals surface area contributed by atoms with Crippen LogP contribution < -0.4 is 16.0 Å². The number of urea groups is 1. The summed E-state index contributed by atoms with van der Waals surface area (Å²) in [5, 5.41) is 8.52. The maximum absolute atomic E-state index is 12.6. The van der Waals surface area contributed by atoms with Gasteiger partial charge < -0.3 is 30.0 Å². The number of carbonyl (C=O) groups is 2. The molecule has 208 valence electrons. The van der Waals surface area contributed by atoms with Gasteiger partial charge in [-0.15, -0.1) is 13.2 Å². The highest BCUT2D eigenvalue weighted by atomic mass is 28.3. The summed E-state index contributed by atoms with van der Waals surface area (Å²) >= 11 is 0. The predicted octanol–water partition coefficient (Wildman–Crippen LogP) is 6.31. The van der Waals surface area contributed by atoms with Gasteiger partial charge >= 0.3 is 12.1 Å². The molecular weight excluding hydrogens is 498 g/mol. The number of aromatic nitrogens is 2. The molecule has 1 aromatic carbocycles. The number of anilines is 1. The van der Waals surface area contributed by atoms with Gasteiger partial charge in [-0.25, -0.2) is 14.6 Å². The number of alkyl carbamates (subject to hydrolysis) is 1. The molecule has 38 heavy (non-hydrogen) atoms. The Hall–Kier alpha value is -3.37. The van der Waals surface area contributed by atoms with Crippen LogP contribution in [0, 0.1) is 0 Å². The molecule has 1 heterocycles. The summed E-state index contributed by atoms with van der Waals surface area (Å²) in [6.45, 7) is 21.1. The van der Waals surface area contributed by atoms with Gasteiger partial charge in [0.15, 0.2) is 0 Å². The van der Waals surface area contributed by atoms with E-state index in [4.69, 9.17) is 14.5 Å². The van der Waals surface area contributed by atoms with Gasteiger partial charge in [0.05, 0.1) is 17.4 Å². The Kier molecular flexibility index (Phi) is 11.3. The first-order chi connectivity index (χ1) is 17.8. The van der Waals surface area contributed by atoms with Crippen LogP contribution in [0.5, 0.6) is 0 Å². The molecule has 10 heteroatoms. The van der Waals surface area contributed by atoms with Gasteiger partial charge in [0.25, 0.3) is 0 Å². The topological polar surface area (TPSA) is 107 Å². The van der Waals surface area contributed by atoms with Crippen molar-refractivity contribution >= 4 is 25.9 Å². The predicted molar refractivity (Wildman–Crippen MR) is 156 cm³/mol. The number of nitrogens with zero attached hydrogens (tertiary/aromatic N) is 2. The number of carbonyl (C=O) groups excluding carboxylic acids is 2. The van der Waals surface area contributed by atoms with E-state index in [0.29, 0.717) is 36.8 Å². The number of hydrogen-bond acceptors (Lipinski definition) is 5. The second-order valence-corrected chi connectivity index (χ2v) is 16.8. The smallest absolute Gasteiger partial charge is 0.408 e. The summed E-state index contributed by atoms with van der Waals surface area (Å²) in [5.41, 5.74) is 1.33. The lowest BCUT2D eigenvalue weighted by atomic mass is 10.1. The fraction of sp³-hybridized carbons (Fsp3) is 0.464. The molecule has 0 spiro atoms. The zero-order chi connectivity index (χ0) is 28.3. The van der Waals surface area contributed by atoms with Crippen LogP contribution in [-0.4, -0.2) is 48.5 Å². The summed E-state index contributed by atoms with van der Waals surface area (Å²) in [4.78, 5) is 29.9. The molecule has 1 aromatic heterocycles. The van der Waals surface area contributed by atoms with Crippen LogP contribution in [0.25, 0.3) is 11.3 Å². The lowest BCUT2D eigenvalue weighted by molar-refractivity contribution is 0.0492. The third-order valence-corrected chi connectivity index (χ3v) is 7.00. The van der Waals surface area contributed by atoms with Crippen LogP contribution >= 0.6 is 0 Å². The molecule has 1 atom stereocenters. The van der Waals surface area contributed by atoms with Gasteiger partial charge in [0.1, 0.15) is 18.2 Å². The second-order valence-electron chi connectivity index (χ2n) is 11.2. The van der Waals surface area contributed by atoms with Gasteiger partial charge in [-0.05, 0) is 39.3 Å². The average Bonchev–Trinajstić information content (AvgIpc) is 3.22. The molecule has 0 unspecified atom stereocenters. The van der Waals surface area contributed by atoms with Crippen LogP contribution in [-0.2, 0) is 16.2 Å². The summed E-state index contributed by atoms with van der Waals surface area (Å²) in [5.74, 6) is 0.602. The van der Waals surface area contributed by atoms with E-state index < -0.39 is 25.8 Å². The number of ether oxygens (including phenoxy) is 2. The molecule has 0 aliphatic carbocycles. The fourth-order valence-corrected chi connectivity index (χ4v) is 4.23. The first kappa shape index (κ1) is 30.8. The molecule has 0 radical (unpaired) electrons. The van der Waals surface area contributed by atoms with Crippen molar-refractivity contribution in [3.63, 3.8) is 0 Å². The minimum absolute atomic E-state index is 0.270. The zero-order valence-corrected chi connectivity index (χ0v) is 24.6. The lowest BCUT2D eigenvalue weighted by Crippen LogP contribution is -2.36. The van der Waals surface area contributed by atoms with E-state index >= 15 is 0 Å². The highest BCUT2D eigenvalue weighted by molar-refractivity contribution is 6.76. The van der Waals surface area contributed by atoms with Crippen LogP contribution in [0.2, 0.25) is 25.7 Å². The number of hydrogen-bond donors (Lipinski definition) is 3. The van der Waals surface area contributed by atoms with E-state index in [-0.39, 0.29) is 12.8 Å². The second kappa shape index (κ2) is 14.0. The Bertz CT molecular complexity index is 1100. The van der Waals surface area contributed by atoms with Crippen molar-refractivity contribution in [2.24, 2.45) is 0 Å². The minimum Gasteiger partial charge on any atom is -0.444 e. The molecule has 0 aliphatic heterocycles. The zero-order valence-electron chi connectivity index (χ0n) is 23.6. The highest BCUT2D eigenvalue weighted by Gasteiger charge is 2.25. The first-order valence-corrected chi connectivity index (χ1v) is 16.5. The molecule has 0 saturated carbocycles. The molecule has 3 N–H and O–H groups in total. The quantitative estimate of drug-likeness (QED) is 0.156. The van der Waals surface area contributed by atoms with Crippen molar-refractivity contribution in [3.05, 3.63) is 61.6 Å². The number of imidazole rings is 1. The van der Waals surface area contributed by atoms with Crippen molar-refractivity contribution in [1.82, 2.24) is 20.2 Å². The highest BCUT2D eigenvalue weighted by Crippen LogP contribution is 2.30. The van der Waals surface area contributed by atoms with Crippen molar-refractivity contribution in [2.75, 3.05) is 18.5 Å². The first-order valence-electron chi connectivity index (χ1n) is 12.8. The van der Waals surface area contributed by atoms with Gasteiger partial charge in [-0.1, -0.05) is 50.0 Å². The molecular formula is C28H43N5O4Si. The summed E-state index contributed by atoms with van der Waals surface area (Å²) in [7, 11) is -1.26. The third kappa shape index (κ3) is 10.5. The van der Waals surface area contributed by atoms with E-state index in [1.807, 2.05) is 55.8 Å². The molecule has 0 saturated heterocycles. The number of nitrogens with one attached hydrogen (secondary N) is 3. The normalized spacial score (nSPS) is 12.4. The Balaban J connectivity index is 2.42. The molecule has 2 rings (SSSR count). The molecule has 0 bridgehead atoms. The van der Waals surface area contributed by atoms with E-state index in [2.05, 4.69) is 48.7 Å². The number of benzene rings is 1. The average molecular weight is 542 g/mol. The summed E-state index contributed by atoms with van der Waals surface area (Å²) < 4.78 is 13.4. The van der Waals surface area contributed by atoms with Crippen LogP contribution in [0.1, 0.15) is 39.1 Å². The van der Waals surface area contributed by atoms with Crippen molar-refractivity contribution in [3.8, 4) is 11.3 Å². The maximum atomic E-state index is 12.6. The Morgan fingerprint density at radius 2 is 1.87 bits per heavy atom. The largest absolute Gasteiger partial charge is 0.444 e. The van der Waals surface area contributed by atoms with Gasteiger partial charge in [-0.3, -0.25) is 0 Å². The van der Waals surface area contributed by atoms with Crippen LogP contribution in [0.4, 0.5) is 15.3 Å². The summed E-state index contributed by atoms with van der Waals surface area (Å²) in [6.07, 6.45) is 5.11. The van der Waals surface area contributed by atoms with Crippen molar-refractivity contribution in [1.29, 1.82) is 0 Å². The SMILES string of the molecule is C=CCNC(=O)Nc1ccccc1-c1cn(COCC[Si](C)(C)C)c([C@H](CC=C)NC(=O)OC(C)(C)C)n1. The molecule has 3 amide bonds. The number of rotatable bonds is 13. The monoisotopic (exact) mass is 541 g/mol. The molecule has 9 nitrogen and oxygen atoms in total. The van der Waals surface area contributed by atoms with Crippen LogP contribution in [0.3, 0.4) is 0 Å². The van der Waals surface area contributed by atoms with Crippen molar-refractivity contribution < 1.29 is 19.1 Å². The number of para-hydroxylation sites is 1. The Morgan fingerprint density at radius 3 is 2.50 bits per heavy atom. The van der Waals surface area contributed by atoms with Gasteiger partial charge in [0, 0.05) is 33.0 Å². The fourth-order valence-electron chi connectivity index (χ4n) is 3.47. The van der Waals surface area contributed by atoms with Gasteiger partial charge in [-0.2, -0.15) is 0 Å². The summed E-state index contributed by atoms with van der Waals surface area (Å²) in [6, 6.07) is 7.61. The van der Waals surface area contributed by atoms with Crippen LogP contribution in [0.15, 0.2) is 55.8 Å². The van der Waals surface area contributed by atoms with E-state index in [9.17, 15) is 9.59 Å². The van der Waals surface area contributed by atoms with Crippen molar-refractivity contribution in [2.45, 2.75) is 71.3 Å². The van der Waals surface area contributed by atoms with E-state index in [1.165, 1.54) is 0 Å².